The molecule has 0 saturated heterocycles. The molecule has 0 spiro atoms. The average Bonchev–Trinajstić information content (AvgIpc) is 3.17. The molecule has 4 heteroatoms. The van der Waals surface area contributed by atoms with Crippen LogP contribution in [0.1, 0.15) is 50.9 Å². The number of pyridine rings is 2. The van der Waals surface area contributed by atoms with Crippen LogP contribution in [-0.4, -0.2) is 19.9 Å². The van der Waals surface area contributed by atoms with Crippen LogP contribution in [-0.2, 0) is 0 Å². The maximum absolute atomic E-state index is 5.19. The highest BCUT2D eigenvalue weighted by Gasteiger charge is 2.16. The monoisotopic (exact) mass is 646 g/mol. The van der Waals surface area contributed by atoms with Crippen LogP contribution in [0.15, 0.2) is 146 Å². The van der Waals surface area contributed by atoms with Gasteiger partial charge in [-0.25, -0.2) is 9.97 Å². The van der Waals surface area contributed by atoms with Crippen molar-refractivity contribution in [1.29, 1.82) is 0 Å². The number of rotatable bonds is 7. The third-order valence-electron chi connectivity index (χ3n) is 9.38. The third kappa shape index (κ3) is 6.05. The van der Waals surface area contributed by atoms with E-state index in [9.17, 15) is 0 Å². The fourth-order valence-corrected chi connectivity index (χ4v) is 6.53. The molecule has 8 aromatic rings. The topological polar surface area (TPSA) is 51.6 Å². The minimum absolute atomic E-state index is 0.280. The van der Waals surface area contributed by atoms with E-state index in [1.807, 2.05) is 36.4 Å². The van der Waals surface area contributed by atoms with E-state index in [1.54, 1.807) is 0 Å². The summed E-state index contributed by atoms with van der Waals surface area (Å²) in [6, 6.07) is 51.0. The number of fused-ring (bicyclic) bond motifs is 3. The zero-order chi connectivity index (χ0) is 34.2. The first-order chi connectivity index (χ1) is 24.4. The van der Waals surface area contributed by atoms with Crippen molar-refractivity contribution in [1.82, 2.24) is 19.9 Å². The van der Waals surface area contributed by atoms with Gasteiger partial charge in [0.15, 0.2) is 5.82 Å². The molecule has 0 radical (unpaired) electrons. The van der Waals surface area contributed by atoms with E-state index in [0.29, 0.717) is 11.7 Å². The lowest BCUT2D eigenvalue weighted by Crippen LogP contribution is -1.99. The number of hydrogen-bond donors (Lipinski definition) is 0. The van der Waals surface area contributed by atoms with Gasteiger partial charge in [-0.15, -0.1) is 0 Å². The predicted octanol–water partition coefficient (Wildman–Crippen LogP) is 12.2. The van der Waals surface area contributed by atoms with Crippen LogP contribution in [0.4, 0.5) is 0 Å². The molecule has 0 bridgehead atoms. The summed E-state index contributed by atoms with van der Waals surface area (Å²) in [6.07, 6.45) is 0. The Morgan fingerprint density at radius 2 is 0.940 bits per heavy atom. The Morgan fingerprint density at radius 3 is 1.58 bits per heavy atom. The van der Waals surface area contributed by atoms with E-state index in [1.165, 1.54) is 5.56 Å². The van der Waals surface area contributed by atoms with Gasteiger partial charge in [-0.1, -0.05) is 149 Å². The van der Waals surface area contributed by atoms with Gasteiger partial charge in [0.2, 0.25) is 0 Å². The van der Waals surface area contributed by atoms with Gasteiger partial charge in [0.05, 0.1) is 22.4 Å². The lowest BCUT2D eigenvalue weighted by atomic mass is 9.93. The molecule has 0 fully saturated rings. The Morgan fingerprint density at radius 1 is 0.380 bits per heavy atom. The molecule has 8 rings (SSSR count). The summed E-state index contributed by atoms with van der Waals surface area (Å²) >= 11 is 0. The lowest BCUT2D eigenvalue weighted by Gasteiger charge is -2.15. The van der Waals surface area contributed by atoms with Gasteiger partial charge in [-0.3, -0.25) is 9.97 Å². The summed E-state index contributed by atoms with van der Waals surface area (Å²) in [5.74, 6) is 1.33. The van der Waals surface area contributed by atoms with Crippen molar-refractivity contribution < 1.29 is 0 Å². The van der Waals surface area contributed by atoms with Crippen molar-refractivity contribution in [2.75, 3.05) is 0 Å². The van der Waals surface area contributed by atoms with Crippen LogP contribution in [0, 0.1) is 0 Å². The van der Waals surface area contributed by atoms with E-state index in [-0.39, 0.29) is 5.92 Å². The summed E-state index contributed by atoms with van der Waals surface area (Å²) in [4.78, 5) is 20.3. The number of aromatic nitrogens is 4. The smallest absolute Gasteiger partial charge is 0.160 e. The molecule has 242 valence electrons. The van der Waals surface area contributed by atoms with E-state index in [0.717, 1.165) is 78.0 Å². The Balaban J connectivity index is 1.20. The second-order valence-corrected chi connectivity index (χ2v) is 13.5. The Hall–Kier alpha value is -6.00. The van der Waals surface area contributed by atoms with Crippen molar-refractivity contribution in [2.24, 2.45) is 0 Å². The molecule has 0 atom stereocenters. The molecule has 0 aliphatic rings. The molecule has 4 nitrogen and oxygen atoms in total. The van der Waals surface area contributed by atoms with Crippen LogP contribution < -0.4 is 0 Å². The molecule has 3 heterocycles. The highest BCUT2D eigenvalue weighted by atomic mass is 14.9. The second kappa shape index (κ2) is 13.1. The van der Waals surface area contributed by atoms with Crippen LogP contribution in [0.25, 0.3) is 78.0 Å². The zero-order valence-corrected chi connectivity index (χ0v) is 28.8. The van der Waals surface area contributed by atoms with Gasteiger partial charge in [0, 0.05) is 38.9 Å². The summed E-state index contributed by atoms with van der Waals surface area (Å²) in [5.41, 5.74) is 13.6. The van der Waals surface area contributed by atoms with Gasteiger partial charge in [-0.2, -0.15) is 0 Å². The molecular formula is C46H38N4. The number of nitrogens with zero attached hydrogens (tertiary/aromatic N) is 4. The van der Waals surface area contributed by atoms with E-state index >= 15 is 0 Å². The van der Waals surface area contributed by atoms with Gasteiger partial charge < -0.3 is 0 Å². The minimum atomic E-state index is 0.280. The van der Waals surface area contributed by atoms with Gasteiger partial charge in [0.25, 0.3) is 0 Å². The molecule has 50 heavy (non-hydrogen) atoms. The number of hydrogen-bond acceptors (Lipinski definition) is 4. The zero-order valence-electron chi connectivity index (χ0n) is 28.8. The van der Waals surface area contributed by atoms with Gasteiger partial charge in [-0.05, 0) is 58.4 Å². The lowest BCUT2D eigenvalue weighted by molar-refractivity contribution is 0.826. The second-order valence-electron chi connectivity index (χ2n) is 13.5. The molecule has 0 aliphatic carbocycles. The molecule has 3 aromatic heterocycles. The van der Waals surface area contributed by atoms with E-state index in [4.69, 9.17) is 19.9 Å². The van der Waals surface area contributed by atoms with Crippen molar-refractivity contribution in [3.05, 3.63) is 157 Å². The minimum Gasteiger partial charge on any atom is -0.250 e. The van der Waals surface area contributed by atoms with Crippen LogP contribution in [0.3, 0.4) is 0 Å². The average molecular weight is 647 g/mol. The molecule has 0 unspecified atom stereocenters. The highest BCUT2D eigenvalue weighted by Crippen LogP contribution is 2.36. The SMILES string of the molecule is CC(C)c1ccc2ccc3c(-c4cccc(-c5ccc(-c6nc(-c7ccccc7)cc(-c7ccccc7)n6)cc5)c4)cc(C(C)C)nc3c2n1. The Bertz CT molecular complexity index is 2410. The summed E-state index contributed by atoms with van der Waals surface area (Å²) in [6.45, 7) is 8.78. The van der Waals surface area contributed by atoms with Crippen LogP contribution in [0.5, 0.6) is 0 Å². The van der Waals surface area contributed by atoms with Crippen molar-refractivity contribution in [2.45, 2.75) is 39.5 Å². The fraction of sp³-hybridized carbons (Fsp3) is 0.130. The van der Waals surface area contributed by atoms with Crippen LogP contribution >= 0.6 is 0 Å². The quantitative estimate of drug-likeness (QED) is 0.162. The first kappa shape index (κ1) is 31.3. The van der Waals surface area contributed by atoms with Crippen molar-refractivity contribution >= 4 is 21.8 Å². The third-order valence-corrected chi connectivity index (χ3v) is 9.38. The summed E-state index contributed by atoms with van der Waals surface area (Å²) < 4.78 is 0. The van der Waals surface area contributed by atoms with E-state index < -0.39 is 0 Å². The predicted molar refractivity (Wildman–Crippen MR) is 208 cm³/mol. The van der Waals surface area contributed by atoms with Crippen LogP contribution in [0.2, 0.25) is 0 Å². The molecule has 0 saturated carbocycles. The Labute approximate surface area is 293 Å². The molecule has 5 aromatic carbocycles. The molecule has 0 amide bonds. The first-order valence-electron chi connectivity index (χ1n) is 17.4. The van der Waals surface area contributed by atoms with Crippen molar-refractivity contribution in [3.8, 4) is 56.2 Å². The number of benzene rings is 5. The van der Waals surface area contributed by atoms with E-state index in [2.05, 4.69) is 137 Å². The van der Waals surface area contributed by atoms with Gasteiger partial charge >= 0.3 is 0 Å². The molecule has 0 N–H and O–H groups in total. The largest absolute Gasteiger partial charge is 0.250 e. The standard InChI is InChI=1S/C46H38N4/c1-29(2)40-25-23-34-22-24-38-39(27-41(30(3)4)48-45(38)44(34)47-40)37-17-11-16-36(26-37)31-18-20-35(21-19-31)46-49-42(32-12-7-5-8-13-32)28-43(50-46)33-14-9-6-10-15-33/h5-30H,1-4H3. The normalized spacial score (nSPS) is 11.6. The highest BCUT2D eigenvalue weighted by molar-refractivity contribution is 6.08. The summed E-state index contributed by atoms with van der Waals surface area (Å²) in [5, 5.41) is 2.23. The fourth-order valence-electron chi connectivity index (χ4n) is 6.53. The summed E-state index contributed by atoms with van der Waals surface area (Å²) in [7, 11) is 0. The first-order valence-corrected chi connectivity index (χ1v) is 17.4. The molecule has 0 aliphatic heterocycles. The van der Waals surface area contributed by atoms with Gasteiger partial charge in [0.1, 0.15) is 0 Å². The maximum atomic E-state index is 5.19. The molecular weight excluding hydrogens is 609 g/mol. The maximum Gasteiger partial charge on any atom is 0.160 e. The Kier molecular flexibility index (Phi) is 8.22. The van der Waals surface area contributed by atoms with Crippen molar-refractivity contribution in [3.63, 3.8) is 0 Å².